The molecule has 7 nitrogen and oxygen atoms in total. The number of carboxylic acids is 1. The Hall–Kier alpha value is -1.83. The van der Waals surface area contributed by atoms with Crippen LogP contribution in [0.25, 0.3) is 0 Å². The first kappa shape index (κ1) is 21.5. The van der Waals surface area contributed by atoms with Crippen molar-refractivity contribution in [3.8, 4) is 0 Å². The Balaban J connectivity index is 2.02. The normalized spacial score (nSPS) is 20.1. The number of amides is 2. The topological polar surface area (TPSA) is 108 Å². The van der Waals surface area contributed by atoms with E-state index in [0.29, 0.717) is 12.8 Å². The highest BCUT2D eigenvalue weighted by atomic mass is 35.5. The van der Waals surface area contributed by atoms with Crippen LogP contribution in [0.3, 0.4) is 0 Å². The molecule has 2 amide bonds. The van der Waals surface area contributed by atoms with Crippen LogP contribution in [0, 0.1) is 0 Å². The summed E-state index contributed by atoms with van der Waals surface area (Å²) in [5.74, 6) is -2.26. The Morgan fingerprint density at radius 2 is 1.89 bits per heavy atom. The number of nitrogens with one attached hydrogen (secondary N) is 3. The number of aliphatic carboxylic acids is 1. The highest BCUT2D eigenvalue weighted by molar-refractivity contribution is 6.39. The van der Waals surface area contributed by atoms with Crippen LogP contribution in [0.15, 0.2) is 12.1 Å². The van der Waals surface area contributed by atoms with Gasteiger partial charge in [-0.15, -0.1) is 0 Å². The van der Waals surface area contributed by atoms with Gasteiger partial charge in [-0.05, 0) is 43.9 Å². The van der Waals surface area contributed by atoms with Gasteiger partial charge in [-0.25, -0.2) is 4.79 Å². The summed E-state index contributed by atoms with van der Waals surface area (Å²) in [6, 6.07) is 1.82. The molecule has 148 valence electrons. The fourth-order valence-corrected chi connectivity index (χ4v) is 3.64. The first-order valence-corrected chi connectivity index (χ1v) is 9.53. The minimum Gasteiger partial charge on any atom is -0.480 e. The lowest BCUT2D eigenvalue weighted by atomic mass is 10.1. The molecule has 0 radical (unpaired) electrons. The lowest BCUT2D eigenvalue weighted by Gasteiger charge is -2.18. The molecule has 0 bridgehead atoms. The second-order valence-electron chi connectivity index (χ2n) is 6.60. The Kier molecular flexibility index (Phi) is 7.47. The van der Waals surface area contributed by atoms with Crippen molar-refractivity contribution in [2.75, 3.05) is 6.54 Å². The van der Waals surface area contributed by atoms with E-state index < -0.39 is 17.9 Å². The van der Waals surface area contributed by atoms with Crippen LogP contribution < -0.4 is 16.0 Å². The van der Waals surface area contributed by atoms with Crippen molar-refractivity contribution in [3.63, 3.8) is 0 Å². The molecule has 0 aliphatic carbocycles. The van der Waals surface area contributed by atoms with Gasteiger partial charge in [0.05, 0.1) is 21.7 Å². The lowest BCUT2D eigenvalue weighted by molar-refractivity contribution is -0.139. The molecule has 2 rings (SSSR count). The maximum atomic E-state index is 12.5. The Morgan fingerprint density at radius 3 is 2.37 bits per heavy atom. The molecule has 4 N–H and O–H groups in total. The summed E-state index contributed by atoms with van der Waals surface area (Å²) >= 11 is 12.3. The fourth-order valence-electron chi connectivity index (χ4n) is 2.94. The second kappa shape index (κ2) is 9.39. The molecule has 1 aromatic carbocycles. The average molecular weight is 416 g/mol. The van der Waals surface area contributed by atoms with Gasteiger partial charge in [0.15, 0.2) is 0 Å². The summed E-state index contributed by atoms with van der Waals surface area (Å²) in [6.45, 7) is 3.66. The molecule has 9 heteroatoms. The van der Waals surface area contributed by atoms with Crippen LogP contribution in [0.2, 0.25) is 10.0 Å². The van der Waals surface area contributed by atoms with Gasteiger partial charge in [0, 0.05) is 12.6 Å². The SMILES string of the molecule is CCc1cc(Cl)c(C(=O)N[C@@H](CNC(=O)[C@@H]2CCC(C)N2)C(=O)O)c(Cl)c1. The maximum Gasteiger partial charge on any atom is 0.328 e. The van der Waals surface area contributed by atoms with Gasteiger partial charge >= 0.3 is 5.97 Å². The molecule has 1 unspecified atom stereocenters. The third-order valence-electron chi connectivity index (χ3n) is 4.51. The van der Waals surface area contributed by atoms with Crippen molar-refractivity contribution in [1.29, 1.82) is 0 Å². The monoisotopic (exact) mass is 415 g/mol. The smallest absolute Gasteiger partial charge is 0.328 e. The number of hydrogen-bond donors (Lipinski definition) is 4. The minimum absolute atomic E-state index is 0.0133. The standard InChI is InChI=1S/C18H23Cl2N3O4/c1-3-10-6-11(19)15(12(20)7-10)17(25)23-14(18(26)27)8-21-16(24)13-5-4-9(2)22-13/h6-7,9,13-14,22H,3-5,8H2,1-2H3,(H,21,24)(H,23,25)(H,26,27)/t9?,13-,14-/m0/s1. The van der Waals surface area contributed by atoms with Crippen LogP contribution >= 0.6 is 23.2 Å². The number of halogens is 2. The van der Waals surface area contributed by atoms with Crippen LogP contribution in [0.5, 0.6) is 0 Å². The molecule has 27 heavy (non-hydrogen) atoms. The summed E-state index contributed by atoms with van der Waals surface area (Å²) in [4.78, 5) is 36.1. The molecule has 1 aliphatic heterocycles. The van der Waals surface area contributed by atoms with Gasteiger partial charge in [0.1, 0.15) is 6.04 Å². The first-order valence-electron chi connectivity index (χ1n) is 8.78. The summed E-state index contributed by atoms with van der Waals surface area (Å²) in [5, 5.41) is 17.7. The highest BCUT2D eigenvalue weighted by Crippen LogP contribution is 2.27. The number of carbonyl (C=O) groups excluding carboxylic acids is 2. The number of carbonyl (C=O) groups is 3. The quantitative estimate of drug-likeness (QED) is 0.544. The molecule has 1 aromatic rings. The van der Waals surface area contributed by atoms with Crippen molar-refractivity contribution in [1.82, 2.24) is 16.0 Å². The van der Waals surface area contributed by atoms with Crippen molar-refractivity contribution >= 4 is 41.0 Å². The van der Waals surface area contributed by atoms with Crippen molar-refractivity contribution < 1.29 is 19.5 Å². The fraction of sp³-hybridized carbons (Fsp3) is 0.500. The van der Waals surface area contributed by atoms with E-state index in [0.717, 1.165) is 12.0 Å². The second-order valence-corrected chi connectivity index (χ2v) is 7.41. The Morgan fingerprint density at radius 1 is 1.26 bits per heavy atom. The highest BCUT2D eigenvalue weighted by Gasteiger charge is 2.29. The van der Waals surface area contributed by atoms with Crippen LogP contribution in [-0.2, 0) is 16.0 Å². The molecule has 3 atom stereocenters. The zero-order valence-corrected chi connectivity index (χ0v) is 16.7. The summed E-state index contributed by atoms with van der Waals surface area (Å²) < 4.78 is 0. The first-order chi connectivity index (χ1) is 12.7. The third kappa shape index (κ3) is 5.57. The van der Waals surface area contributed by atoms with E-state index >= 15 is 0 Å². The van der Waals surface area contributed by atoms with Gasteiger partial charge in [-0.2, -0.15) is 0 Å². The van der Waals surface area contributed by atoms with Crippen LogP contribution in [0.4, 0.5) is 0 Å². The van der Waals surface area contributed by atoms with E-state index in [1.807, 2.05) is 13.8 Å². The molecule has 0 spiro atoms. The van der Waals surface area contributed by atoms with E-state index in [4.69, 9.17) is 23.2 Å². The molecule has 0 saturated carbocycles. The zero-order valence-electron chi connectivity index (χ0n) is 15.1. The maximum absolute atomic E-state index is 12.5. The molecule has 1 fully saturated rings. The van der Waals surface area contributed by atoms with Crippen molar-refractivity contribution in [2.45, 2.75) is 51.2 Å². The molecule has 1 aliphatic rings. The van der Waals surface area contributed by atoms with Crippen molar-refractivity contribution in [2.24, 2.45) is 0 Å². The number of carboxylic acid groups (broad SMARTS) is 1. The van der Waals surface area contributed by atoms with Gasteiger partial charge in [0.2, 0.25) is 5.91 Å². The summed E-state index contributed by atoms with van der Waals surface area (Å²) in [5.41, 5.74) is 0.876. The summed E-state index contributed by atoms with van der Waals surface area (Å²) in [6.07, 6.45) is 2.26. The molecular weight excluding hydrogens is 393 g/mol. The lowest BCUT2D eigenvalue weighted by Crippen LogP contribution is -2.51. The number of benzene rings is 1. The molecule has 1 heterocycles. The molecule has 1 saturated heterocycles. The van der Waals surface area contributed by atoms with E-state index in [-0.39, 0.29) is 40.1 Å². The van der Waals surface area contributed by atoms with Crippen LogP contribution in [-0.4, -0.2) is 47.6 Å². The van der Waals surface area contributed by atoms with E-state index in [1.165, 1.54) is 0 Å². The van der Waals surface area contributed by atoms with Crippen molar-refractivity contribution in [3.05, 3.63) is 33.3 Å². The third-order valence-corrected chi connectivity index (χ3v) is 5.11. The van der Waals surface area contributed by atoms with Gasteiger partial charge < -0.3 is 21.1 Å². The van der Waals surface area contributed by atoms with E-state index in [2.05, 4.69) is 16.0 Å². The molecule has 0 aromatic heterocycles. The number of hydrogen-bond acceptors (Lipinski definition) is 4. The van der Waals surface area contributed by atoms with Gasteiger partial charge in [-0.3, -0.25) is 9.59 Å². The average Bonchev–Trinajstić information content (AvgIpc) is 3.03. The van der Waals surface area contributed by atoms with Crippen LogP contribution in [0.1, 0.15) is 42.6 Å². The van der Waals surface area contributed by atoms with E-state index in [9.17, 15) is 19.5 Å². The van der Waals surface area contributed by atoms with E-state index in [1.54, 1.807) is 12.1 Å². The minimum atomic E-state index is -1.31. The molecular formula is C18H23Cl2N3O4. The predicted molar refractivity (Wildman–Crippen MR) is 103 cm³/mol. The number of aryl methyl sites for hydroxylation is 1. The number of rotatable bonds is 7. The zero-order chi connectivity index (χ0) is 20.1. The summed E-state index contributed by atoms with van der Waals surface area (Å²) in [7, 11) is 0. The largest absolute Gasteiger partial charge is 0.480 e. The van der Waals surface area contributed by atoms with Gasteiger partial charge in [-0.1, -0.05) is 30.1 Å². The Labute approximate surface area is 167 Å². The predicted octanol–water partition coefficient (Wildman–Crippen LogP) is 2.00. The Bertz CT molecular complexity index is 718. The van der Waals surface area contributed by atoms with Gasteiger partial charge in [0.25, 0.3) is 5.91 Å².